The zero-order valence-corrected chi connectivity index (χ0v) is 13.3. The maximum atomic E-state index is 12.9. The molecule has 110 valence electrons. The lowest BCUT2D eigenvalue weighted by atomic mass is 9.95. The SMILES string of the molecule is O=C1[C@H]2Cc3ccccc3CN2C(=S)N1c1ccccc1Cl. The van der Waals surface area contributed by atoms with Gasteiger partial charge >= 0.3 is 0 Å². The molecule has 2 aliphatic rings. The van der Waals surface area contributed by atoms with Gasteiger partial charge in [0, 0.05) is 13.0 Å². The first-order valence-corrected chi connectivity index (χ1v) is 7.91. The fraction of sp³-hybridized carbons (Fsp3) is 0.176. The summed E-state index contributed by atoms with van der Waals surface area (Å²) in [5.74, 6) is 0.00704. The van der Waals surface area contributed by atoms with E-state index in [0.29, 0.717) is 28.8 Å². The number of carbonyl (C=O) groups is 1. The molecule has 3 nitrogen and oxygen atoms in total. The van der Waals surface area contributed by atoms with Crippen LogP contribution in [0.2, 0.25) is 5.02 Å². The van der Waals surface area contributed by atoms with Gasteiger partial charge in [-0.2, -0.15) is 0 Å². The summed E-state index contributed by atoms with van der Waals surface area (Å²) in [4.78, 5) is 16.4. The van der Waals surface area contributed by atoms with Crippen molar-refractivity contribution in [3.63, 3.8) is 0 Å². The van der Waals surface area contributed by atoms with Crippen molar-refractivity contribution in [3.8, 4) is 0 Å². The van der Waals surface area contributed by atoms with Crippen molar-refractivity contribution in [2.75, 3.05) is 4.90 Å². The highest BCUT2D eigenvalue weighted by Crippen LogP contribution is 2.35. The number of hydrogen-bond donors (Lipinski definition) is 0. The summed E-state index contributed by atoms with van der Waals surface area (Å²) in [6.07, 6.45) is 0.691. The third-order valence-corrected chi connectivity index (χ3v) is 5.02. The van der Waals surface area contributed by atoms with Crippen LogP contribution in [0.25, 0.3) is 0 Å². The van der Waals surface area contributed by atoms with Crippen molar-refractivity contribution in [2.24, 2.45) is 0 Å². The Morgan fingerprint density at radius 1 is 1.05 bits per heavy atom. The van der Waals surface area contributed by atoms with Crippen LogP contribution < -0.4 is 4.90 Å². The van der Waals surface area contributed by atoms with E-state index in [-0.39, 0.29) is 11.9 Å². The average Bonchev–Trinajstić information content (AvgIpc) is 2.77. The van der Waals surface area contributed by atoms with Crippen LogP contribution in [0.5, 0.6) is 0 Å². The molecule has 1 fully saturated rings. The fourth-order valence-electron chi connectivity index (χ4n) is 3.17. The third kappa shape index (κ3) is 1.95. The predicted molar refractivity (Wildman–Crippen MR) is 91.0 cm³/mol. The molecule has 2 aromatic carbocycles. The van der Waals surface area contributed by atoms with E-state index < -0.39 is 0 Å². The molecule has 4 rings (SSSR count). The summed E-state index contributed by atoms with van der Waals surface area (Å²) in [5.41, 5.74) is 3.12. The number of benzene rings is 2. The maximum Gasteiger partial charge on any atom is 0.256 e. The van der Waals surface area contributed by atoms with Crippen LogP contribution in [-0.2, 0) is 17.8 Å². The van der Waals surface area contributed by atoms with Gasteiger partial charge in [0.15, 0.2) is 5.11 Å². The molecule has 1 amide bonds. The molecule has 0 saturated carbocycles. The molecule has 2 heterocycles. The van der Waals surface area contributed by atoms with Gasteiger partial charge in [-0.1, -0.05) is 48.0 Å². The second-order valence-electron chi connectivity index (χ2n) is 5.52. The summed E-state index contributed by atoms with van der Waals surface area (Å²) in [5, 5.41) is 1.08. The van der Waals surface area contributed by atoms with Crippen LogP contribution in [0.1, 0.15) is 11.1 Å². The number of rotatable bonds is 1. The van der Waals surface area contributed by atoms with Crippen molar-refractivity contribution in [1.82, 2.24) is 4.90 Å². The Balaban J connectivity index is 1.75. The van der Waals surface area contributed by atoms with Crippen molar-refractivity contribution in [1.29, 1.82) is 0 Å². The van der Waals surface area contributed by atoms with E-state index in [0.717, 1.165) is 0 Å². The summed E-state index contributed by atoms with van der Waals surface area (Å²) < 4.78 is 0. The van der Waals surface area contributed by atoms with E-state index in [1.807, 2.05) is 35.2 Å². The van der Waals surface area contributed by atoms with Gasteiger partial charge in [-0.15, -0.1) is 0 Å². The largest absolute Gasteiger partial charge is 0.332 e. The third-order valence-electron chi connectivity index (χ3n) is 4.28. The van der Waals surface area contributed by atoms with Gasteiger partial charge in [0.05, 0.1) is 10.7 Å². The molecule has 0 unspecified atom stereocenters. The van der Waals surface area contributed by atoms with Gasteiger partial charge in [0.1, 0.15) is 6.04 Å². The minimum atomic E-state index is -0.223. The first-order chi connectivity index (χ1) is 10.7. The molecule has 0 aromatic heterocycles. The van der Waals surface area contributed by atoms with Crippen molar-refractivity contribution < 1.29 is 4.79 Å². The van der Waals surface area contributed by atoms with Gasteiger partial charge in [0.25, 0.3) is 5.91 Å². The molecule has 2 aromatic rings. The Morgan fingerprint density at radius 2 is 1.73 bits per heavy atom. The lowest BCUT2D eigenvalue weighted by molar-refractivity contribution is -0.119. The molecule has 0 bridgehead atoms. The number of halogens is 1. The van der Waals surface area contributed by atoms with Crippen LogP contribution in [-0.4, -0.2) is 22.0 Å². The van der Waals surface area contributed by atoms with E-state index in [9.17, 15) is 4.79 Å². The van der Waals surface area contributed by atoms with Crippen molar-refractivity contribution in [2.45, 2.75) is 19.0 Å². The Bertz CT molecular complexity index is 749. The molecule has 0 spiro atoms. The van der Waals surface area contributed by atoms with Crippen molar-refractivity contribution >= 4 is 40.5 Å². The molecule has 2 aliphatic heterocycles. The number of fused-ring (bicyclic) bond motifs is 2. The number of para-hydroxylation sites is 1. The number of hydrogen-bond acceptors (Lipinski definition) is 2. The number of amides is 1. The molecular weight excluding hydrogens is 316 g/mol. The highest BCUT2D eigenvalue weighted by Gasteiger charge is 2.45. The van der Waals surface area contributed by atoms with E-state index in [1.54, 1.807) is 11.0 Å². The minimum absolute atomic E-state index is 0.00704. The summed E-state index contributed by atoms with van der Waals surface area (Å²) in [6.45, 7) is 0.673. The highest BCUT2D eigenvalue weighted by atomic mass is 35.5. The standard InChI is InChI=1S/C17H13ClN2OS/c18-13-7-3-4-8-14(13)20-16(21)15-9-11-5-1-2-6-12(11)10-19(15)17(20)22/h1-8,15H,9-10H2/t15-/m1/s1. The van der Waals surface area contributed by atoms with Crippen LogP contribution >= 0.6 is 23.8 Å². The van der Waals surface area contributed by atoms with E-state index in [2.05, 4.69) is 12.1 Å². The van der Waals surface area contributed by atoms with E-state index in [1.165, 1.54) is 11.1 Å². The number of anilines is 1. The first kappa shape index (κ1) is 13.7. The summed E-state index contributed by atoms with van der Waals surface area (Å²) in [7, 11) is 0. The summed E-state index contributed by atoms with van der Waals surface area (Å²) >= 11 is 11.8. The predicted octanol–water partition coefficient (Wildman–Crippen LogP) is 3.40. The average molecular weight is 329 g/mol. The second kappa shape index (κ2) is 5.07. The Labute approximate surface area is 139 Å². The quantitative estimate of drug-likeness (QED) is 0.750. The lowest BCUT2D eigenvalue weighted by Crippen LogP contribution is -2.39. The molecule has 1 saturated heterocycles. The number of carbonyl (C=O) groups excluding carboxylic acids is 1. The Morgan fingerprint density at radius 3 is 2.50 bits per heavy atom. The van der Waals surface area contributed by atoms with Crippen LogP contribution in [0, 0.1) is 0 Å². The Kier molecular flexibility index (Phi) is 3.17. The topological polar surface area (TPSA) is 23.6 Å². The molecule has 0 N–H and O–H groups in total. The zero-order chi connectivity index (χ0) is 15.3. The van der Waals surface area contributed by atoms with Gasteiger partial charge < -0.3 is 4.90 Å². The molecular formula is C17H13ClN2OS. The fourth-order valence-corrected chi connectivity index (χ4v) is 3.77. The minimum Gasteiger partial charge on any atom is -0.332 e. The maximum absolute atomic E-state index is 12.9. The monoisotopic (exact) mass is 328 g/mol. The lowest BCUT2D eigenvalue weighted by Gasteiger charge is -2.30. The summed E-state index contributed by atoms with van der Waals surface area (Å²) in [6, 6.07) is 15.3. The van der Waals surface area contributed by atoms with Crippen LogP contribution in [0.4, 0.5) is 5.69 Å². The normalized spacial score (nSPS) is 20.1. The van der Waals surface area contributed by atoms with Gasteiger partial charge in [0.2, 0.25) is 0 Å². The van der Waals surface area contributed by atoms with Gasteiger partial charge in [-0.25, -0.2) is 0 Å². The number of nitrogens with zero attached hydrogens (tertiary/aromatic N) is 2. The van der Waals surface area contributed by atoms with Crippen LogP contribution in [0.3, 0.4) is 0 Å². The van der Waals surface area contributed by atoms with E-state index >= 15 is 0 Å². The zero-order valence-electron chi connectivity index (χ0n) is 11.7. The highest BCUT2D eigenvalue weighted by molar-refractivity contribution is 7.80. The van der Waals surface area contributed by atoms with Gasteiger partial charge in [-0.05, 0) is 35.5 Å². The second-order valence-corrected chi connectivity index (χ2v) is 6.30. The molecule has 1 atom stereocenters. The first-order valence-electron chi connectivity index (χ1n) is 7.12. The van der Waals surface area contributed by atoms with Gasteiger partial charge in [-0.3, -0.25) is 9.69 Å². The van der Waals surface area contributed by atoms with Crippen LogP contribution in [0.15, 0.2) is 48.5 Å². The Hall–Kier alpha value is -1.91. The van der Waals surface area contributed by atoms with Crippen molar-refractivity contribution in [3.05, 3.63) is 64.7 Å². The molecule has 5 heteroatoms. The number of thiocarbonyl (C=S) groups is 1. The van der Waals surface area contributed by atoms with E-state index in [4.69, 9.17) is 23.8 Å². The smallest absolute Gasteiger partial charge is 0.256 e. The molecule has 0 aliphatic carbocycles. The molecule has 22 heavy (non-hydrogen) atoms. The molecule has 0 radical (unpaired) electrons.